The molecule has 162 valence electrons. The maximum Gasteiger partial charge on any atom is 0.270 e. The largest absolute Gasteiger partial charge is 0.394 e. The number of ether oxygens (including phenoxy) is 2. The summed E-state index contributed by atoms with van der Waals surface area (Å²) in [5.74, 6) is -2.06. The van der Waals surface area contributed by atoms with E-state index in [0.717, 1.165) is 12.1 Å². The summed E-state index contributed by atoms with van der Waals surface area (Å²) in [7, 11) is 0. The van der Waals surface area contributed by atoms with Crippen LogP contribution in [0.4, 0.5) is 8.78 Å². The van der Waals surface area contributed by atoms with Gasteiger partial charge in [0.2, 0.25) is 0 Å². The van der Waals surface area contributed by atoms with Gasteiger partial charge in [0.25, 0.3) is 5.91 Å². The van der Waals surface area contributed by atoms with E-state index in [2.05, 4.69) is 5.32 Å². The first-order valence-electron chi connectivity index (χ1n) is 9.36. The summed E-state index contributed by atoms with van der Waals surface area (Å²) in [5, 5.41) is 12.3. The van der Waals surface area contributed by atoms with Gasteiger partial charge < -0.3 is 29.4 Å². The summed E-state index contributed by atoms with van der Waals surface area (Å²) in [6, 6.07) is 3.83. The molecule has 0 unspecified atom stereocenters. The molecule has 1 aliphatic rings. The van der Waals surface area contributed by atoms with Crippen molar-refractivity contribution >= 4 is 29.2 Å². The normalized spacial score (nSPS) is 14.2. The minimum atomic E-state index is -0.952. The van der Waals surface area contributed by atoms with Gasteiger partial charge in [0.1, 0.15) is 5.69 Å². The summed E-state index contributed by atoms with van der Waals surface area (Å²) in [6.07, 6.45) is 0. The molecule has 0 radical (unpaired) electrons. The van der Waals surface area contributed by atoms with E-state index in [4.69, 9.17) is 14.6 Å². The molecule has 0 spiro atoms. The number of carbonyl (C=O) groups excluding carboxylic acids is 1. The first-order chi connectivity index (χ1) is 13.6. The second kappa shape index (κ2) is 11.4. The number of aliphatic hydroxyl groups is 1. The van der Waals surface area contributed by atoms with Crippen LogP contribution in [0.25, 0.3) is 10.9 Å². The third kappa shape index (κ3) is 5.86. The van der Waals surface area contributed by atoms with E-state index in [1.807, 2.05) is 0 Å². The van der Waals surface area contributed by atoms with Gasteiger partial charge in [0, 0.05) is 44.2 Å². The zero-order valence-electron chi connectivity index (χ0n) is 16.0. The number of aromatic nitrogens is 1. The Balaban J connectivity index is 0.00000300. The third-order valence-corrected chi connectivity index (χ3v) is 4.63. The van der Waals surface area contributed by atoms with Crippen LogP contribution in [0, 0.1) is 11.6 Å². The lowest BCUT2D eigenvalue weighted by Gasteiger charge is -2.27. The van der Waals surface area contributed by atoms with Gasteiger partial charge in [-0.25, -0.2) is 8.78 Å². The van der Waals surface area contributed by atoms with Crippen molar-refractivity contribution in [3.63, 3.8) is 0 Å². The number of hydrogen-bond donors (Lipinski definition) is 2. The van der Waals surface area contributed by atoms with E-state index in [0.29, 0.717) is 62.5 Å². The maximum atomic E-state index is 13.8. The van der Waals surface area contributed by atoms with E-state index >= 15 is 0 Å². The molecular weight excluding hydrogens is 408 g/mol. The Morgan fingerprint density at radius 1 is 1.03 bits per heavy atom. The molecule has 29 heavy (non-hydrogen) atoms. The molecular formula is C19H26ClF2N3O4. The van der Waals surface area contributed by atoms with Crippen LogP contribution in [0.5, 0.6) is 0 Å². The monoisotopic (exact) mass is 433 g/mol. The Hall–Kier alpha value is -1.78. The first-order valence-corrected chi connectivity index (χ1v) is 9.36. The highest BCUT2D eigenvalue weighted by molar-refractivity contribution is 5.99. The topological polar surface area (TPSA) is 76.0 Å². The highest BCUT2D eigenvalue weighted by atomic mass is 35.5. The molecule has 1 aliphatic heterocycles. The van der Waals surface area contributed by atoms with E-state index in [1.54, 1.807) is 15.5 Å². The van der Waals surface area contributed by atoms with Gasteiger partial charge in [0.05, 0.1) is 38.6 Å². The number of nitrogens with zero attached hydrogens (tertiary/aromatic N) is 2. The standard InChI is InChI=1S/C19H25F2N3O4.ClH/c20-15-11-14-12-18(19(26)23-3-1-22-2-4-23)24(17(14)13-16(15)21)5-7-27-9-10-28-8-6-25;/h11-13,22,25H,1-10H2;1H. The maximum absolute atomic E-state index is 13.8. The molecule has 3 rings (SSSR count). The first kappa shape index (κ1) is 23.5. The average Bonchev–Trinajstić information content (AvgIpc) is 3.05. The Bertz CT molecular complexity index is 812. The molecule has 10 heteroatoms. The van der Waals surface area contributed by atoms with Gasteiger partial charge >= 0.3 is 0 Å². The third-order valence-electron chi connectivity index (χ3n) is 4.63. The van der Waals surface area contributed by atoms with Crippen LogP contribution in [0.1, 0.15) is 10.5 Å². The molecule has 2 aromatic rings. The van der Waals surface area contributed by atoms with Crippen LogP contribution in [0.3, 0.4) is 0 Å². The second-order valence-corrected chi connectivity index (χ2v) is 6.50. The van der Waals surface area contributed by atoms with Gasteiger partial charge in [-0.15, -0.1) is 12.4 Å². The molecule has 1 saturated heterocycles. The van der Waals surface area contributed by atoms with Crippen molar-refractivity contribution < 1.29 is 28.2 Å². The molecule has 0 saturated carbocycles. The van der Waals surface area contributed by atoms with Gasteiger partial charge in [-0.3, -0.25) is 4.79 Å². The minimum Gasteiger partial charge on any atom is -0.394 e. The number of piperazine rings is 1. The van der Waals surface area contributed by atoms with Crippen LogP contribution in [-0.2, 0) is 16.0 Å². The highest BCUT2D eigenvalue weighted by Crippen LogP contribution is 2.24. The predicted octanol–water partition coefficient (Wildman–Crippen LogP) is 1.41. The molecule has 0 bridgehead atoms. The molecule has 7 nitrogen and oxygen atoms in total. The number of benzene rings is 1. The number of halogens is 3. The Kier molecular flexibility index (Phi) is 9.25. The number of carbonyl (C=O) groups is 1. The number of rotatable bonds is 9. The zero-order chi connectivity index (χ0) is 19.9. The van der Waals surface area contributed by atoms with Crippen molar-refractivity contribution in [1.29, 1.82) is 0 Å². The smallest absolute Gasteiger partial charge is 0.270 e. The van der Waals surface area contributed by atoms with Crippen LogP contribution in [0.15, 0.2) is 18.2 Å². The Labute approximate surface area is 174 Å². The molecule has 0 aliphatic carbocycles. The summed E-state index contributed by atoms with van der Waals surface area (Å²) < 4.78 is 39.8. The molecule has 1 aromatic carbocycles. The summed E-state index contributed by atoms with van der Waals surface area (Å²) in [6.45, 7) is 4.09. The number of nitrogens with one attached hydrogen (secondary N) is 1. The van der Waals surface area contributed by atoms with Crippen LogP contribution in [-0.4, -0.2) is 79.7 Å². The summed E-state index contributed by atoms with van der Waals surface area (Å²) in [5.41, 5.74) is 0.847. The molecule has 2 heterocycles. The summed E-state index contributed by atoms with van der Waals surface area (Å²) >= 11 is 0. The second-order valence-electron chi connectivity index (χ2n) is 6.50. The molecule has 2 N–H and O–H groups in total. The van der Waals surface area contributed by atoms with E-state index in [-0.39, 0.29) is 38.1 Å². The molecule has 1 fully saturated rings. The molecule has 1 aromatic heterocycles. The van der Waals surface area contributed by atoms with Crippen molar-refractivity contribution in [3.8, 4) is 0 Å². The fourth-order valence-corrected chi connectivity index (χ4v) is 3.25. The van der Waals surface area contributed by atoms with Gasteiger partial charge in [-0.1, -0.05) is 0 Å². The van der Waals surface area contributed by atoms with Crippen LogP contribution < -0.4 is 5.32 Å². The summed E-state index contributed by atoms with van der Waals surface area (Å²) in [4.78, 5) is 14.7. The van der Waals surface area contributed by atoms with Crippen molar-refractivity contribution in [2.75, 3.05) is 59.2 Å². The van der Waals surface area contributed by atoms with Crippen molar-refractivity contribution in [2.24, 2.45) is 0 Å². The number of amides is 1. The van der Waals surface area contributed by atoms with Gasteiger partial charge in [-0.05, 0) is 12.1 Å². The highest BCUT2D eigenvalue weighted by Gasteiger charge is 2.23. The number of hydrogen-bond acceptors (Lipinski definition) is 5. The minimum absolute atomic E-state index is 0. The Morgan fingerprint density at radius 3 is 2.38 bits per heavy atom. The predicted molar refractivity (Wildman–Crippen MR) is 107 cm³/mol. The van der Waals surface area contributed by atoms with Crippen LogP contribution >= 0.6 is 12.4 Å². The van der Waals surface area contributed by atoms with E-state index in [1.165, 1.54) is 0 Å². The fourth-order valence-electron chi connectivity index (χ4n) is 3.25. The number of aliphatic hydroxyl groups excluding tert-OH is 1. The zero-order valence-corrected chi connectivity index (χ0v) is 16.9. The van der Waals surface area contributed by atoms with Gasteiger partial charge in [-0.2, -0.15) is 0 Å². The fraction of sp³-hybridized carbons (Fsp3) is 0.526. The molecule has 0 atom stereocenters. The average molecular weight is 434 g/mol. The number of fused-ring (bicyclic) bond motifs is 1. The molecule has 1 amide bonds. The van der Waals surface area contributed by atoms with Crippen molar-refractivity contribution in [1.82, 2.24) is 14.8 Å². The lowest BCUT2D eigenvalue weighted by atomic mass is 10.2. The van der Waals surface area contributed by atoms with Crippen molar-refractivity contribution in [2.45, 2.75) is 6.54 Å². The van der Waals surface area contributed by atoms with E-state index in [9.17, 15) is 13.6 Å². The lowest BCUT2D eigenvalue weighted by molar-refractivity contribution is 0.0309. The quantitative estimate of drug-likeness (QED) is 0.585. The SMILES string of the molecule is Cl.O=C(c1cc2cc(F)c(F)cc2n1CCOCCOCCO)N1CCNCC1. The van der Waals surface area contributed by atoms with E-state index < -0.39 is 11.6 Å². The lowest BCUT2D eigenvalue weighted by Crippen LogP contribution is -2.46. The van der Waals surface area contributed by atoms with Crippen molar-refractivity contribution in [3.05, 3.63) is 35.5 Å². The van der Waals surface area contributed by atoms with Gasteiger partial charge in [0.15, 0.2) is 11.6 Å². The Morgan fingerprint density at radius 2 is 1.69 bits per heavy atom. The van der Waals surface area contributed by atoms with Crippen LogP contribution in [0.2, 0.25) is 0 Å².